The zero-order valence-electron chi connectivity index (χ0n) is 13.8. The van der Waals surface area contributed by atoms with Gasteiger partial charge < -0.3 is 10.6 Å². The third kappa shape index (κ3) is 3.00. The van der Waals surface area contributed by atoms with Crippen LogP contribution in [0, 0.1) is 11.3 Å². The van der Waals surface area contributed by atoms with Gasteiger partial charge in [0.15, 0.2) is 5.69 Å². The van der Waals surface area contributed by atoms with Gasteiger partial charge in [-0.05, 0) is 49.2 Å². The van der Waals surface area contributed by atoms with E-state index in [4.69, 9.17) is 5.26 Å². The third-order valence-corrected chi connectivity index (χ3v) is 4.15. The molecule has 1 saturated carbocycles. The Balaban J connectivity index is 1.65. The molecule has 7 heteroatoms. The highest BCUT2D eigenvalue weighted by molar-refractivity contribution is 6.06. The van der Waals surface area contributed by atoms with Gasteiger partial charge in [-0.3, -0.25) is 14.0 Å². The molecule has 2 amide bonds. The Kier molecular flexibility index (Phi) is 3.86. The number of fused-ring (bicyclic) bond motifs is 1. The molecule has 0 saturated heterocycles. The summed E-state index contributed by atoms with van der Waals surface area (Å²) >= 11 is 0. The summed E-state index contributed by atoms with van der Waals surface area (Å²) in [5, 5.41) is 14.5. The highest BCUT2D eigenvalue weighted by Crippen LogP contribution is 2.21. The standard InChI is InChI=1S/C19H15N5O2/c20-11-12-4-6-13(7-5-12)22-19(26)17-23-16(18(25)21-14-8-9-14)15-3-1-2-10-24(15)17/h1-7,10,14H,8-9H2,(H,21,25)(H,22,26). The lowest BCUT2D eigenvalue weighted by molar-refractivity contribution is 0.0948. The largest absolute Gasteiger partial charge is 0.348 e. The van der Waals surface area contributed by atoms with Crippen LogP contribution in [0.15, 0.2) is 48.7 Å². The number of carbonyl (C=O) groups excluding carboxylic acids is 2. The van der Waals surface area contributed by atoms with Gasteiger partial charge in [0, 0.05) is 17.9 Å². The van der Waals surface area contributed by atoms with Crippen LogP contribution < -0.4 is 10.6 Å². The summed E-state index contributed by atoms with van der Waals surface area (Å²) in [6, 6.07) is 14.1. The van der Waals surface area contributed by atoms with Gasteiger partial charge in [0.05, 0.1) is 17.1 Å². The monoisotopic (exact) mass is 345 g/mol. The molecule has 2 aromatic heterocycles. The zero-order chi connectivity index (χ0) is 18.1. The second kappa shape index (κ2) is 6.33. The summed E-state index contributed by atoms with van der Waals surface area (Å²) in [6.07, 6.45) is 3.65. The maximum atomic E-state index is 12.7. The van der Waals surface area contributed by atoms with Crippen LogP contribution in [0.4, 0.5) is 5.69 Å². The van der Waals surface area contributed by atoms with Crippen molar-refractivity contribution in [2.45, 2.75) is 18.9 Å². The van der Waals surface area contributed by atoms with E-state index in [-0.39, 0.29) is 23.5 Å². The molecule has 0 radical (unpaired) electrons. The fourth-order valence-corrected chi connectivity index (χ4v) is 2.66. The maximum Gasteiger partial charge on any atom is 0.292 e. The summed E-state index contributed by atoms with van der Waals surface area (Å²) in [5.41, 5.74) is 1.87. The molecule has 1 aliphatic rings. The van der Waals surface area contributed by atoms with Crippen LogP contribution in [-0.2, 0) is 0 Å². The van der Waals surface area contributed by atoms with Crippen LogP contribution in [0.3, 0.4) is 0 Å². The molecule has 0 bridgehead atoms. The fourth-order valence-electron chi connectivity index (χ4n) is 2.66. The number of imidazole rings is 1. The van der Waals surface area contributed by atoms with Crippen LogP contribution in [0.25, 0.3) is 5.52 Å². The van der Waals surface area contributed by atoms with Gasteiger partial charge in [0.2, 0.25) is 5.82 Å². The van der Waals surface area contributed by atoms with E-state index in [0.717, 1.165) is 12.8 Å². The minimum absolute atomic E-state index is 0.130. The van der Waals surface area contributed by atoms with Crippen molar-refractivity contribution in [2.24, 2.45) is 0 Å². The second-order valence-corrected chi connectivity index (χ2v) is 6.13. The van der Waals surface area contributed by atoms with E-state index in [1.165, 1.54) is 0 Å². The molecule has 3 aromatic rings. The first kappa shape index (κ1) is 15.8. The van der Waals surface area contributed by atoms with E-state index in [1.54, 1.807) is 53.1 Å². The molecule has 26 heavy (non-hydrogen) atoms. The predicted octanol–water partition coefficient (Wildman–Crippen LogP) is 2.35. The summed E-state index contributed by atoms with van der Waals surface area (Å²) < 4.78 is 1.60. The number of pyridine rings is 1. The maximum absolute atomic E-state index is 12.7. The summed E-state index contributed by atoms with van der Waals surface area (Å²) in [4.78, 5) is 29.4. The second-order valence-electron chi connectivity index (χ2n) is 6.13. The van der Waals surface area contributed by atoms with Gasteiger partial charge >= 0.3 is 0 Å². The van der Waals surface area contributed by atoms with Crippen molar-refractivity contribution in [1.82, 2.24) is 14.7 Å². The number of hydrogen-bond acceptors (Lipinski definition) is 4. The number of rotatable bonds is 4. The molecule has 0 unspecified atom stereocenters. The lowest BCUT2D eigenvalue weighted by Gasteiger charge is -2.04. The summed E-state index contributed by atoms with van der Waals surface area (Å²) in [6.45, 7) is 0. The molecule has 128 valence electrons. The Labute approximate surface area is 149 Å². The SMILES string of the molecule is N#Cc1ccc(NC(=O)c2nc(C(=O)NC3CC3)c3ccccn23)cc1. The molecule has 0 spiro atoms. The van der Waals surface area contributed by atoms with E-state index in [9.17, 15) is 9.59 Å². The molecular weight excluding hydrogens is 330 g/mol. The van der Waals surface area contributed by atoms with Crippen molar-refractivity contribution in [3.63, 3.8) is 0 Å². The number of anilines is 1. The Morgan fingerprint density at radius 1 is 1.12 bits per heavy atom. The molecule has 0 aliphatic heterocycles. The van der Waals surface area contributed by atoms with Crippen LogP contribution in [0.5, 0.6) is 0 Å². The van der Waals surface area contributed by atoms with E-state index >= 15 is 0 Å². The number of amides is 2. The lowest BCUT2D eigenvalue weighted by atomic mass is 10.2. The molecule has 2 heterocycles. The van der Waals surface area contributed by atoms with Gasteiger partial charge in [-0.1, -0.05) is 6.07 Å². The number of aromatic nitrogens is 2. The molecule has 7 nitrogen and oxygen atoms in total. The highest BCUT2D eigenvalue weighted by atomic mass is 16.2. The van der Waals surface area contributed by atoms with Crippen LogP contribution in [-0.4, -0.2) is 27.2 Å². The Morgan fingerprint density at radius 3 is 2.58 bits per heavy atom. The van der Waals surface area contributed by atoms with Crippen LogP contribution >= 0.6 is 0 Å². The van der Waals surface area contributed by atoms with Gasteiger partial charge in [0.25, 0.3) is 11.8 Å². The molecule has 2 N–H and O–H groups in total. The van der Waals surface area contributed by atoms with Crippen LogP contribution in [0.2, 0.25) is 0 Å². The number of nitriles is 1. The quantitative estimate of drug-likeness (QED) is 0.758. The zero-order valence-corrected chi connectivity index (χ0v) is 13.8. The van der Waals surface area contributed by atoms with Crippen molar-refractivity contribution in [2.75, 3.05) is 5.32 Å². The molecule has 1 aliphatic carbocycles. The number of nitrogens with zero attached hydrogens (tertiary/aromatic N) is 3. The van der Waals surface area contributed by atoms with Crippen molar-refractivity contribution >= 4 is 23.0 Å². The summed E-state index contributed by atoms with van der Waals surface area (Å²) in [5.74, 6) is -0.569. The molecule has 1 fully saturated rings. The van der Waals surface area contributed by atoms with Gasteiger partial charge in [-0.2, -0.15) is 5.26 Å². The van der Waals surface area contributed by atoms with Crippen molar-refractivity contribution in [3.8, 4) is 6.07 Å². The minimum Gasteiger partial charge on any atom is -0.348 e. The Hall–Kier alpha value is -3.66. The molecule has 0 atom stereocenters. The third-order valence-electron chi connectivity index (χ3n) is 4.15. The first-order chi connectivity index (χ1) is 12.7. The van der Waals surface area contributed by atoms with E-state index < -0.39 is 5.91 Å². The fraction of sp³-hybridized carbons (Fsp3) is 0.158. The Bertz CT molecular complexity index is 1040. The van der Waals surface area contributed by atoms with E-state index in [0.29, 0.717) is 16.8 Å². The first-order valence-corrected chi connectivity index (χ1v) is 8.25. The molecule has 4 rings (SSSR count). The number of hydrogen-bond donors (Lipinski definition) is 2. The summed E-state index contributed by atoms with van der Waals surface area (Å²) in [7, 11) is 0. The average Bonchev–Trinajstić information content (AvgIpc) is 3.39. The highest BCUT2D eigenvalue weighted by Gasteiger charge is 2.27. The minimum atomic E-state index is -0.429. The van der Waals surface area contributed by atoms with Gasteiger partial charge in [-0.25, -0.2) is 4.98 Å². The normalized spacial score (nSPS) is 13.2. The molecule has 1 aromatic carbocycles. The number of carbonyl (C=O) groups is 2. The molecular formula is C19H15N5O2. The van der Waals surface area contributed by atoms with E-state index in [2.05, 4.69) is 15.6 Å². The number of benzene rings is 1. The van der Waals surface area contributed by atoms with E-state index in [1.807, 2.05) is 6.07 Å². The lowest BCUT2D eigenvalue weighted by Crippen LogP contribution is -2.26. The predicted molar refractivity (Wildman–Crippen MR) is 94.8 cm³/mol. The van der Waals surface area contributed by atoms with Crippen molar-refractivity contribution in [1.29, 1.82) is 5.26 Å². The number of nitrogens with one attached hydrogen (secondary N) is 2. The van der Waals surface area contributed by atoms with Gasteiger partial charge in [0.1, 0.15) is 0 Å². The van der Waals surface area contributed by atoms with Crippen molar-refractivity contribution < 1.29 is 9.59 Å². The topological polar surface area (TPSA) is 99.3 Å². The first-order valence-electron chi connectivity index (χ1n) is 8.25. The van der Waals surface area contributed by atoms with Gasteiger partial charge in [-0.15, -0.1) is 0 Å². The Morgan fingerprint density at radius 2 is 1.88 bits per heavy atom. The van der Waals surface area contributed by atoms with Crippen LogP contribution in [0.1, 0.15) is 39.5 Å². The smallest absolute Gasteiger partial charge is 0.292 e. The average molecular weight is 345 g/mol. The van der Waals surface area contributed by atoms with Crippen molar-refractivity contribution in [3.05, 3.63) is 65.7 Å².